The van der Waals surface area contributed by atoms with E-state index in [1.807, 2.05) is 42.5 Å². The highest BCUT2D eigenvalue weighted by Gasteiger charge is 2.25. The van der Waals surface area contributed by atoms with Crippen LogP contribution in [0.1, 0.15) is 44.8 Å². The van der Waals surface area contributed by atoms with E-state index < -0.39 is 0 Å². The van der Waals surface area contributed by atoms with E-state index in [2.05, 4.69) is 10.3 Å². The average Bonchev–Trinajstić information content (AvgIpc) is 3.11. The Morgan fingerprint density at radius 3 is 2.61 bits per heavy atom. The minimum Gasteiger partial charge on any atom is -0.508 e. The summed E-state index contributed by atoms with van der Waals surface area (Å²) in [6.07, 6.45) is 6.00. The SMILES string of the molecule is O=C(NCc1ccccc1)c1c(/N=C\c2ccc(O)cc2)sc2c1CCCC2. The molecule has 4 rings (SSSR count). The molecule has 0 fully saturated rings. The van der Waals surface area contributed by atoms with Crippen molar-refractivity contribution in [3.63, 3.8) is 0 Å². The van der Waals surface area contributed by atoms with Crippen LogP contribution >= 0.6 is 11.3 Å². The zero-order chi connectivity index (χ0) is 19.3. The van der Waals surface area contributed by atoms with Crippen LogP contribution in [0.4, 0.5) is 5.00 Å². The van der Waals surface area contributed by atoms with Gasteiger partial charge in [-0.05, 0) is 66.6 Å². The standard InChI is InChI=1S/C23H22N2O2S/c26-18-12-10-17(11-13-18)15-25-23-21(19-8-4-5-9-20(19)28-23)22(27)24-14-16-6-2-1-3-7-16/h1-3,6-7,10-13,15,26H,4-5,8-9,14H2,(H,24,27)/b25-15-. The number of aryl methyl sites for hydroxylation is 1. The van der Waals surface area contributed by atoms with Crippen molar-refractivity contribution in [2.45, 2.75) is 32.2 Å². The van der Waals surface area contributed by atoms with E-state index in [1.54, 1.807) is 29.7 Å². The minimum absolute atomic E-state index is 0.0545. The number of phenols is 1. The molecule has 0 saturated heterocycles. The molecule has 0 spiro atoms. The van der Waals surface area contributed by atoms with Crippen LogP contribution in [0.3, 0.4) is 0 Å². The van der Waals surface area contributed by atoms with Crippen LogP contribution in [-0.2, 0) is 19.4 Å². The molecule has 1 aliphatic carbocycles. The number of nitrogens with one attached hydrogen (secondary N) is 1. The van der Waals surface area contributed by atoms with Crippen LogP contribution in [0.15, 0.2) is 59.6 Å². The van der Waals surface area contributed by atoms with E-state index in [9.17, 15) is 9.90 Å². The lowest BCUT2D eigenvalue weighted by molar-refractivity contribution is 0.0951. The van der Waals surface area contributed by atoms with Crippen LogP contribution in [0.25, 0.3) is 0 Å². The van der Waals surface area contributed by atoms with Gasteiger partial charge in [0.05, 0.1) is 5.56 Å². The average molecular weight is 391 g/mol. The first-order chi connectivity index (χ1) is 13.7. The Morgan fingerprint density at radius 1 is 1.07 bits per heavy atom. The Bertz CT molecular complexity index is 991. The monoisotopic (exact) mass is 390 g/mol. The van der Waals surface area contributed by atoms with Crippen molar-refractivity contribution in [3.8, 4) is 5.75 Å². The molecule has 0 saturated carbocycles. The summed E-state index contributed by atoms with van der Waals surface area (Å²) in [7, 11) is 0. The number of hydrogen-bond acceptors (Lipinski definition) is 4. The fraction of sp³-hybridized carbons (Fsp3) is 0.217. The molecular weight excluding hydrogens is 368 g/mol. The van der Waals surface area contributed by atoms with Crippen molar-refractivity contribution in [1.29, 1.82) is 0 Å². The van der Waals surface area contributed by atoms with Crippen LogP contribution in [0.5, 0.6) is 5.75 Å². The zero-order valence-corrected chi connectivity index (χ0v) is 16.3. The van der Waals surface area contributed by atoms with Gasteiger partial charge in [0, 0.05) is 17.6 Å². The number of hydrogen-bond donors (Lipinski definition) is 2. The Kier molecular flexibility index (Phi) is 5.53. The first kappa shape index (κ1) is 18.4. The number of amides is 1. The lowest BCUT2D eigenvalue weighted by Gasteiger charge is -2.12. The molecular formula is C23H22N2O2S. The van der Waals surface area contributed by atoms with Gasteiger partial charge in [-0.3, -0.25) is 4.79 Å². The molecule has 0 atom stereocenters. The van der Waals surface area contributed by atoms with E-state index in [-0.39, 0.29) is 11.7 Å². The lowest BCUT2D eigenvalue weighted by atomic mass is 9.95. The second-order valence-corrected chi connectivity index (χ2v) is 7.99. The second-order valence-electron chi connectivity index (χ2n) is 6.91. The highest BCUT2D eigenvalue weighted by atomic mass is 32.1. The number of rotatable bonds is 5. The molecule has 1 aromatic heterocycles. The normalized spacial score (nSPS) is 13.4. The summed E-state index contributed by atoms with van der Waals surface area (Å²) in [4.78, 5) is 18.9. The quantitative estimate of drug-likeness (QED) is 0.601. The molecule has 1 amide bonds. The topological polar surface area (TPSA) is 61.7 Å². The molecule has 2 aromatic carbocycles. The van der Waals surface area contributed by atoms with Crippen LogP contribution in [0.2, 0.25) is 0 Å². The van der Waals surface area contributed by atoms with Crippen molar-refractivity contribution in [2.24, 2.45) is 4.99 Å². The summed E-state index contributed by atoms with van der Waals surface area (Å²) in [5, 5.41) is 13.3. The van der Waals surface area contributed by atoms with Gasteiger partial charge in [0.1, 0.15) is 10.8 Å². The number of nitrogens with zero attached hydrogens (tertiary/aromatic N) is 1. The van der Waals surface area contributed by atoms with Gasteiger partial charge in [-0.1, -0.05) is 30.3 Å². The predicted octanol–water partition coefficient (Wildman–Crippen LogP) is 5.01. The van der Waals surface area contributed by atoms with Crippen LogP contribution in [0, 0.1) is 0 Å². The van der Waals surface area contributed by atoms with E-state index in [1.165, 1.54) is 16.9 Å². The maximum atomic E-state index is 13.0. The van der Waals surface area contributed by atoms with Gasteiger partial charge in [0.2, 0.25) is 0 Å². The fourth-order valence-corrected chi connectivity index (χ4v) is 4.67. The summed E-state index contributed by atoms with van der Waals surface area (Å²) >= 11 is 1.63. The summed E-state index contributed by atoms with van der Waals surface area (Å²) in [5.74, 6) is 0.172. The van der Waals surface area contributed by atoms with Gasteiger partial charge >= 0.3 is 0 Å². The Morgan fingerprint density at radius 2 is 1.82 bits per heavy atom. The Labute approximate surface area is 168 Å². The lowest BCUT2D eigenvalue weighted by Crippen LogP contribution is -2.24. The molecule has 0 aliphatic heterocycles. The number of fused-ring (bicyclic) bond motifs is 1. The summed E-state index contributed by atoms with van der Waals surface area (Å²) in [6, 6.07) is 16.8. The minimum atomic E-state index is -0.0545. The fourth-order valence-electron chi connectivity index (χ4n) is 3.44. The van der Waals surface area contributed by atoms with Gasteiger partial charge in [0.15, 0.2) is 0 Å². The van der Waals surface area contributed by atoms with Crippen LogP contribution < -0.4 is 5.32 Å². The van der Waals surface area contributed by atoms with Gasteiger partial charge in [-0.2, -0.15) is 0 Å². The number of carbonyl (C=O) groups is 1. The largest absolute Gasteiger partial charge is 0.508 e. The first-order valence-corrected chi connectivity index (χ1v) is 10.3. The van der Waals surface area contributed by atoms with E-state index in [0.29, 0.717) is 6.54 Å². The number of thiophene rings is 1. The molecule has 0 unspecified atom stereocenters. The van der Waals surface area contributed by atoms with Gasteiger partial charge in [0.25, 0.3) is 5.91 Å². The molecule has 1 aliphatic rings. The maximum absolute atomic E-state index is 13.0. The van der Waals surface area contributed by atoms with Crippen molar-refractivity contribution >= 4 is 28.5 Å². The smallest absolute Gasteiger partial charge is 0.254 e. The second kappa shape index (κ2) is 8.40. The molecule has 142 valence electrons. The molecule has 3 aromatic rings. The van der Waals surface area contributed by atoms with Crippen molar-refractivity contribution in [3.05, 3.63) is 81.7 Å². The zero-order valence-electron chi connectivity index (χ0n) is 15.5. The van der Waals surface area contributed by atoms with E-state index in [4.69, 9.17) is 0 Å². The molecule has 0 bridgehead atoms. The molecule has 5 heteroatoms. The van der Waals surface area contributed by atoms with Gasteiger partial charge in [-0.15, -0.1) is 11.3 Å². The van der Waals surface area contributed by atoms with Gasteiger partial charge < -0.3 is 10.4 Å². The number of benzene rings is 2. The predicted molar refractivity (Wildman–Crippen MR) is 114 cm³/mol. The molecule has 0 radical (unpaired) electrons. The number of aromatic hydroxyl groups is 1. The number of carbonyl (C=O) groups excluding carboxylic acids is 1. The summed E-state index contributed by atoms with van der Waals surface area (Å²) in [6.45, 7) is 0.505. The van der Waals surface area contributed by atoms with Crippen LogP contribution in [-0.4, -0.2) is 17.2 Å². The summed E-state index contributed by atoms with van der Waals surface area (Å²) in [5.41, 5.74) is 3.86. The molecule has 1 heterocycles. The van der Waals surface area contributed by atoms with Crippen molar-refractivity contribution in [1.82, 2.24) is 5.32 Å². The highest BCUT2D eigenvalue weighted by molar-refractivity contribution is 7.16. The third-order valence-corrected chi connectivity index (χ3v) is 6.10. The third-order valence-electron chi connectivity index (χ3n) is 4.90. The Hall–Kier alpha value is -2.92. The molecule has 4 nitrogen and oxygen atoms in total. The molecule has 2 N–H and O–H groups in total. The van der Waals surface area contributed by atoms with E-state index in [0.717, 1.165) is 41.0 Å². The summed E-state index contributed by atoms with van der Waals surface area (Å²) < 4.78 is 0. The maximum Gasteiger partial charge on any atom is 0.254 e. The van der Waals surface area contributed by atoms with Crippen molar-refractivity contribution in [2.75, 3.05) is 0 Å². The first-order valence-electron chi connectivity index (χ1n) is 9.50. The Balaban J connectivity index is 1.60. The molecule has 28 heavy (non-hydrogen) atoms. The highest BCUT2D eigenvalue weighted by Crippen LogP contribution is 2.39. The van der Waals surface area contributed by atoms with E-state index >= 15 is 0 Å². The van der Waals surface area contributed by atoms with Gasteiger partial charge in [-0.25, -0.2) is 4.99 Å². The van der Waals surface area contributed by atoms with Crippen molar-refractivity contribution < 1.29 is 9.90 Å². The number of aliphatic imine (C=N–C) groups is 1. The number of phenolic OH excluding ortho intramolecular Hbond substituents is 1. The third kappa shape index (κ3) is 4.15.